The molecule has 2 heteroatoms. The van der Waals surface area contributed by atoms with E-state index in [1.807, 2.05) is 0 Å². The molecule has 0 saturated carbocycles. The van der Waals surface area contributed by atoms with Gasteiger partial charge in [0.15, 0.2) is 0 Å². The highest BCUT2D eigenvalue weighted by Crippen LogP contribution is 2.17. The molecule has 1 rings (SSSR count). The minimum Gasteiger partial charge on any atom is -0.296 e. The van der Waals surface area contributed by atoms with Crippen molar-refractivity contribution in [3.05, 3.63) is 11.6 Å². The van der Waals surface area contributed by atoms with Crippen LogP contribution in [0.3, 0.4) is 0 Å². The Morgan fingerprint density at radius 1 is 1.50 bits per heavy atom. The van der Waals surface area contributed by atoms with E-state index in [0.29, 0.717) is 6.04 Å². The van der Waals surface area contributed by atoms with E-state index in [9.17, 15) is 0 Å². The molecule has 0 amide bonds. The molecule has 1 aliphatic heterocycles. The lowest BCUT2D eigenvalue weighted by atomic mass is 10.1. The Labute approximate surface area is 80.4 Å². The molecule has 0 aromatic heterocycles. The summed E-state index contributed by atoms with van der Waals surface area (Å²) in [5.74, 6) is 0. The number of rotatable bonds is 2. The number of nitrogens with zero attached hydrogens (tertiary/aromatic N) is 1. The molecule has 0 radical (unpaired) electrons. The van der Waals surface area contributed by atoms with Gasteiger partial charge in [-0.2, -0.15) is 0 Å². The van der Waals surface area contributed by atoms with Crippen LogP contribution in [0.2, 0.25) is 0 Å². The smallest absolute Gasteiger partial charge is 0.0338 e. The minimum absolute atomic E-state index is 0.683. The highest BCUT2D eigenvalue weighted by atomic mass is 35.5. The van der Waals surface area contributed by atoms with Crippen LogP contribution < -0.4 is 0 Å². The Bertz CT molecular complexity index is 156. The zero-order valence-corrected chi connectivity index (χ0v) is 8.61. The molecule has 1 unspecified atom stereocenters. The molecule has 0 aromatic carbocycles. The Morgan fingerprint density at radius 2 is 2.25 bits per heavy atom. The van der Waals surface area contributed by atoms with Gasteiger partial charge in [-0.15, -0.1) is 0 Å². The van der Waals surface area contributed by atoms with Crippen LogP contribution in [0.1, 0.15) is 32.6 Å². The summed E-state index contributed by atoms with van der Waals surface area (Å²) in [6.45, 7) is 8.07. The number of likely N-dealkylation sites (tertiary alicyclic amines) is 1. The molecule has 0 spiro atoms. The Morgan fingerprint density at radius 3 is 2.92 bits per heavy atom. The van der Waals surface area contributed by atoms with Crippen molar-refractivity contribution in [1.29, 1.82) is 0 Å². The molecule has 12 heavy (non-hydrogen) atoms. The third-order valence-electron chi connectivity index (χ3n) is 2.57. The van der Waals surface area contributed by atoms with Gasteiger partial charge in [0.2, 0.25) is 0 Å². The molecular weight excluding hydrogens is 170 g/mol. The maximum Gasteiger partial charge on any atom is 0.0338 e. The van der Waals surface area contributed by atoms with Crippen LogP contribution in [0.5, 0.6) is 0 Å². The lowest BCUT2D eigenvalue weighted by Gasteiger charge is -2.26. The third-order valence-corrected chi connectivity index (χ3v) is 2.68. The second-order valence-corrected chi connectivity index (χ2v) is 4.22. The molecule has 0 aromatic rings. The summed E-state index contributed by atoms with van der Waals surface area (Å²) in [5, 5.41) is 0.767. The molecule has 1 nitrogen and oxygen atoms in total. The van der Waals surface area contributed by atoms with Gasteiger partial charge < -0.3 is 0 Å². The molecule has 1 aliphatic rings. The normalized spacial score (nSPS) is 26.7. The maximum atomic E-state index is 5.79. The van der Waals surface area contributed by atoms with Crippen LogP contribution in [-0.4, -0.2) is 24.0 Å². The predicted octanol–water partition coefficient (Wildman–Crippen LogP) is 3.00. The van der Waals surface area contributed by atoms with Gasteiger partial charge >= 0.3 is 0 Å². The molecule has 1 fully saturated rings. The molecule has 1 saturated heterocycles. The zero-order valence-electron chi connectivity index (χ0n) is 7.85. The fourth-order valence-corrected chi connectivity index (χ4v) is 1.94. The average molecular weight is 188 g/mol. The average Bonchev–Trinajstić information content (AvgIpc) is 2.16. The third kappa shape index (κ3) is 3.16. The van der Waals surface area contributed by atoms with E-state index in [1.165, 1.54) is 32.2 Å². The van der Waals surface area contributed by atoms with Crippen LogP contribution in [0, 0.1) is 0 Å². The summed E-state index contributed by atoms with van der Waals surface area (Å²) >= 11 is 5.79. The van der Waals surface area contributed by atoms with Gasteiger partial charge in [-0.05, 0) is 26.3 Å². The predicted molar refractivity (Wildman–Crippen MR) is 54.5 cm³/mol. The molecule has 1 atom stereocenters. The maximum absolute atomic E-state index is 5.79. The standard InChI is InChI=1S/C10H18ClN/c1-9(11)8-12-7-5-3-4-6-10(12)2/h10H,1,3-8H2,2H3. The van der Waals surface area contributed by atoms with E-state index in [2.05, 4.69) is 18.4 Å². The monoisotopic (exact) mass is 187 g/mol. The van der Waals surface area contributed by atoms with E-state index in [-0.39, 0.29) is 0 Å². The van der Waals surface area contributed by atoms with Crippen molar-refractivity contribution in [2.24, 2.45) is 0 Å². The Balaban J connectivity index is 2.41. The van der Waals surface area contributed by atoms with Crippen LogP contribution in [0.25, 0.3) is 0 Å². The van der Waals surface area contributed by atoms with Gasteiger partial charge in [0.05, 0.1) is 0 Å². The van der Waals surface area contributed by atoms with Crippen molar-refractivity contribution in [3.8, 4) is 0 Å². The summed E-state index contributed by atoms with van der Waals surface area (Å²) < 4.78 is 0. The first-order valence-corrected chi connectivity index (χ1v) is 5.15. The lowest BCUT2D eigenvalue weighted by molar-refractivity contribution is 0.235. The fraction of sp³-hybridized carbons (Fsp3) is 0.800. The van der Waals surface area contributed by atoms with E-state index < -0.39 is 0 Å². The second kappa shape index (κ2) is 4.88. The van der Waals surface area contributed by atoms with Crippen molar-refractivity contribution in [1.82, 2.24) is 4.90 Å². The van der Waals surface area contributed by atoms with E-state index in [1.54, 1.807) is 0 Å². The van der Waals surface area contributed by atoms with Gasteiger partial charge in [-0.1, -0.05) is 31.0 Å². The number of halogens is 1. The zero-order chi connectivity index (χ0) is 8.97. The molecule has 0 N–H and O–H groups in total. The molecule has 0 aliphatic carbocycles. The van der Waals surface area contributed by atoms with Gasteiger partial charge in [-0.25, -0.2) is 0 Å². The summed E-state index contributed by atoms with van der Waals surface area (Å²) in [6, 6.07) is 0.683. The van der Waals surface area contributed by atoms with Gasteiger partial charge in [0, 0.05) is 17.6 Å². The van der Waals surface area contributed by atoms with Crippen molar-refractivity contribution in [2.75, 3.05) is 13.1 Å². The van der Waals surface area contributed by atoms with Gasteiger partial charge in [0.1, 0.15) is 0 Å². The summed E-state index contributed by atoms with van der Waals surface area (Å²) in [7, 11) is 0. The highest BCUT2D eigenvalue weighted by Gasteiger charge is 2.16. The fourth-order valence-electron chi connectivity index (χ4n) is 1.79. The van der Waals surface area contributed by atoms with E-state index in [0.717, 1.165) is 11.6 Å². The summed E-state index contributed by atoms with van der Waals surface area (Å²) in [4.78, 5) is 2.43. The summed E-state index contributed by atoms with van der Waals surface area (Å²) in [6.07, 6.45) is 5.36. The molecule has 0 bridgehead atoms. The Hall–Kier alpha value is -0.0100. The Kier molecular flexibility index (Phi) is 4.10. The topological polar surface area (TPSA) is 3.24 Å². The van der Waals surface area contributed by atoms with Crippen LogP contribution >= 0.6 is 11.6 Å². The van der Waals surface area contributed by atoms with Crippen molar-refractivity contribution >= 4 is 11.6 Å². The first-order valence-electron chi connectivity index (χ1n) is 4.77. The molecule has 70 valence electrons. The minimum atomic E-state index is 0.683. The summed E-state index contributed by atoms with van der Waals surface area (Å²) in [5.41, 5.74) is 0. The largest absolute Gasteiger partial charge is 0.296 e. The number of hydrogen-bond donors (Lipinski definition) is 0. The van der Waals surface area contributed by atoms with Gasteiger partial charge in [0.25, 0.3) is 0 Å². The highest BCUT2D eigenvalue weighted by molar-refractivity contribution is 6.29. The first-order chi connectivity index (χ1) is 5.70. The molecule has 1 heterocycles. The number of hydrogen-bond acceptors (Lipinski definition) is 1. The van der Waals surface area contributed by atoms with Crippen LogP contribution in [0.4, 0.5) is 0 Å². The van der Waals surface area contributed by atoms with Crippen molar-refractivity contribution < 1.29 is 0 Å². The van der Waals surface area contributed by atoms with Gasteiger partial charge in [-0.3, -0.25) is 4.90 Å². The second-order valence-electron chi connectivity index (χ2n) is 3.69. The first kappa shape index (κ1) is 10.1. The lowest BCUT2D eigenvalue weighted by Crippen LogP contribution is -2.33. The molecular formula is C10H18ClN. The van der Waals surface area contributed by atoms with Crippen molar-refractivity contribution in [2.45, 2.75) is 38.6 Å². The van der Waals surface area contributed by atoms with Crippen LogP contribution in [-0.2, 0) is 0 Å². The van der Waals surface area contributed by atoms with Crippen molar-refractivity contribution in [3.63, 3.8) is 0 Å². The van der Waals surface area contributed by atoms with Crippen LogP contribution in [0.15, 0.2) is 11.6 Å². The van der Waals surface area contributed by atoms with E-state index in [4.69, 9.17) is 11.6 Å². The quantitative estimate of drug-likeness (QED) is 0.643. The SMILES string of the molecule is C=C(Cl)CN1CCCCCC1C. The van der Waals surface area contributed by atoms with E-state index >= 15 is 0 Å².